The van der Waals surface area contributed by atoms with Crippen molar-refractivity contribution in [2.45, 2.75) is 39.2 Å². The first-order chi connectivity index (χ1) is 9.86. The average molecular weight is 291 g/mol. The largest absolute Gasteiger partial charge is 0.311 e. The Morgan fingerprint density at radius 1 is 1.14 bits per heavy atom. The molecule has 5 heteroatoms. The summed E-state index contributed by atoms with van der Waals surface area (Å²) in [5.74, 6) is -0.302. The van der Waals surface area contributed by atoms with Crippen molar-refractivity contribution in [3.8, 4) is 5.69 Å². The molecule has 0 saturated carbocycles. The fourth-order valence-electron chi connectivity index (χ4n) is 2.76. The molecule has 0 saturated heterocycles. The van der Waals surface area contributed by atoms with Crippen LogP contribution in [0.2, 0.25) is 0 Å². The monoisotopic (exact) mass is 291 g/mol. The number of hydrogen-bond acceptors (Lipinski definition) is 2. The van der Waals surface area contributed by atoms with E-state index in [-0.39, 0.29) is 5.41 Å². The number of hydrogen-bond donors (Lipinski definition) is 1. The zero-order valence-electron chi connectivity index (χ0n) is 12.5. The van der Waals surface area contributed by atoms with E-state index in [1.54, 1.807) is 0 Å². The van der Waals surface area contributed by atoms with E-state index in [1.807, 2.05) is 4.57 Å². The molecule has 0 bridgehead atoms. The van der Waals surface area contributed by atoms with Gasteiger partial charge >= 0.3 is 0 Å². The van der Waals surface area contributed by atoms with E-state index in [9.17, 15) is 8.78 Å². The van der Waals surface area contributed by atoms with Crippen molar-refractivity contribution in [3.05, 3.63) is 47.0 Å². The van der Waals surface area contributed by atoms with Gasteiger partial charge in [0.15, 0.2) is 0 Å². The van der Waals surface area contributed by atoms with Crippen molar-refractivity contribution in [2.24, 2.45) is 0 Å². The third kappa shape index (κ3) is 2.58. The highest BCUT2D eigenvalue weighted by Gasteiger charge is 2.28. The first kappa shape index (κ1) is 14.2. The number of aromatic nitrogens is 2. The zero-order chi connectivity index (χ0) is 15.2. The van der Waals surface area contributed by atoms with Gasteiger partial charge in [-0.25, -0.2) is 13.8 Å². The zero-order valence-corrected chi connectivity index (χ0v) is 12.5. The molecular weight excluding hydrogens is 272 g/mol. The number of nitrogens with zero attached hydrogens (tertiary/aromatic N) is 2. The quantitative estimate of drug-likeness (QED) is 0.875. The second kappa shape index (κ2) is 4.91. The van der Waals surface area contributed by atoms with Crippen molar-refractivity contribution < 1.29 is 8.78 Å². The van der Waals surface area contributed by atoms with E-state index in [1.165, 1.54) is 12.1 Å². The van der Waals surface area contributed by atoms with Gasteiger partial charge in [-0.2, -0.15) is 0 Å². The fourth-order valence-corrected chi connectivity index (χ4v) is 2.76. The Hall–Kier alpha value is -1.75. The van der Waals surface area contributed by atoms with Crippen LogP contribution in [0.1, 0.15) is 38.0 Å². The summed E-state index contributed by atoms with van der Waals surface area (Å²) in [5.41, 5.74) is 2.31. The second-order valence-electron chi connectivity index (χ2n) is 6.47. The van der Waals surface area contributed by atoms with Gasteiger partial charge in [0, 0.05) is 36.7 Å². The minimum Gasteiger partial charge on any atom is -0.311 e. The topological polar surface area (TPSA) is 29.9 Å². The minimum atomic E-state index is -0.568. The Labute approximate surface area is 123 Å². The van der Waals surface area contributed by atoms with E-state index >= 15 is 0 Å². The van der Waals surface area contributed by atoms with Crippen molar-refractivity contribution in [2.75, 3.05) is 6.54 Å². The molecule has 0 spiro atoms. The van der Waals surface area contributed by atoms with Gasteiger partial charge in [0.2, 0.25) is 0 Å². The second-order valence-corrected chi connectivity index (χ2v) is 6.47. The van der Waals surface area contributed by atoms with Crippen LogP contribution in [0.15, 0.2) is 18.2 Å². The Morgan fingerprint density at radius 2 is 1.81 bits per heavy atom. The molecule has 0 radical (unpaired) electrons. The van der Waals surface area contributed by atoms with E-state index in [2.05, 4.69) is 26.1 Å². The van der Waals surface area contributed by atoms with E-state index < -0.39 is 11.6 Å². The summed E-state index contributed by atoms with van der Waals surface area (Å²) < 4.78 is 29.1. The summed E-state index contributed by atoms with van der Waals surface area (Å²) in [4.78, 5) is 4.71. The summed E-state index contributed by atoms with van der Waals surface area (Å²) >= 11 is 0. The van der Waals surface area contributed by atoms with Gasteiger partial charge in [-0.3, -0.25) is 4.57 Å². The number of fused-ring (bicyclic) bond motifs is 1. The van der Waals surface area contributed by atoms with Crippen LogP contribution in [0.5, 0.6) is 0 Å². The third-order valence-electron chi connectivity index (χ3n) is 3.66. The summed E-state index contributed by atoms with van der Waals surface area (Å²) in [5, 5.41) is 3.28. The molecule has 2 heterocycles. The molecule has 1 aromatic carbocycles. The molecule has 112 valence electrons. The number of nitrogens with one attached hydrogen (secondary N) is 1. The summed E-state index contributed by atoms with van der Waals surface area (Å²) in [6.45, 7) is 7.71. The SMILES string of the molecule is CC(C)(C)c1nc2c(n1-c1cc(F)cc(F)c1)CCNC2. The third-order valence-corrected chi connectivity index (χ3v) is 3.66. The highest BCUT2D eigenvalue weighted by atomic mass is 19.1. The van der Waals surface area contributed by atoms with Crippen LogP contribution in [0.4, 0.5) is 8.78 Å². The van der Waals surface area contributed by atoms with Crippen LogP contribution in [0.3, 0.4) is 0 Å². The number of rotatable bonds is 1. The molecule has 0 atom stereocenters. The van der Waals surface area contributed by atoms with Crippen molar-refractivity contribution >= 4 is 0 Å². The lowest BCUT2D eigenvalue weighted by Crippen LogP contribution is -2.25. The van der Waals surface area contributed by atoms with Gasteiger partial charge in [-0.15, -0.1) is 0 Å². The molecule has 3 rings (SSSR count). The standard InChI is InChI=1S/C16H19F2N3/c1-16(2,3)15-20-13-9-19-5-4-14(13)21(15)12-7-10(17)6-11(18)8-12/h6-8,19H,4-5,9H2,1-3H3. The highest BCUT2D eigenvalue weighted by molar-refractivity contribution is 5.40. The lowest BCUT2D eigenvalue weighted by Gasteiger charge is -2.22. The van der Waals surface area contributed by atoms with Crippen LogP contribution in [-0.2, 0) is 18.4 Å². The number of imidazole rings is 1. The van der Waals surface area contributed by atoms with E-state index in [4.69, 9.17) is 4.98 Å². The molecule has 1 aromatic heterocycles. The predicted octanol–water partition coefficient (Wildman–Crippen LogP) is 3.09. The molecule has 1 N–H and O–H groups in total. The molecule has 1 aliphatic heterocycles. The molecule has 21 heavy (non-hydrogen) atoms. The maximum Gasteiger partial charge on any atom is 0.128 e. The lowest BCUT2D eigenvalue weighted by molar-refractivity contribution is 0.529. The van der Waals surface area contributed by atoms with E-state index in [0.717, 1.165) is 36.2 Å². The molecule has 0 unspecified atom stereocenters. The van der Waals surface area contributed by atoms with Gasteiger partial charge < -0.3 is 5.32 Å². The number of halogens is 2. The minimum absolute atomic E-state index is 0.208. The molecule has 0 fully saturated rings. The van der Waals surface area contributed by atoms with Crippen LogP contribution >= 0.6 is 0 Å². The van der Waals surface area contributed by atoms with Gasteiger partial charge in [0.05, 0.1) is 11.4 Å². The van der Waals surface area contributed by atoms with Gasteiger partial charge in [-0.05, 0) is 12.1 Å². The molecule has 1 aliphatic rings. The van der Waals surface area contributed by atoms with Gasteiger partial charge in [0.25, 0.3) is 0 Å². The van der Waals surface area contributed by atoms with Crippen molar-refractivity contribution in [1.29, 1.82) is 0 Å². The summed E-state index contributed by atoms with van der Waals surface area (Å²) in [6, 6.07) is 3.62. The van der Waals surface area contributed by atoms with Gasteiger partial charge in [0.1, 0.15) is 17.5 Å². The lowest BCUT2D eigenvalue weighted by atomic mass is 9.95. The molecule has 2 aromatic rings. The molecule has 3 nitrogen and oxygen atoms in total. The predicted molar refractivity (Wildman–Crippen MR) is 77.6 cm³/mol. The first-order valence-electron chi connectivity index (χ1n) is 7.14. The number of benzene rings is 1. The summed E-state index contributed by atoms with van der Waals surface area (Å²) in [6.07, 6.45) is 0.802. The van der Waals surface area contributed by atoms with Crippen molar-refractivity contribution in [3.63, 3.8) is 0 Å². The summed E-state index contributed by atoms with van der Waals surface area (Å²) in [7, 11) is 0. The normalized spacial score (nSPS) is 15.1. The van der Waals surface area contributed by atoms with Crippen molar-refractivity contribution in [1.82, 2.24) is 14.9 Å². The average Bonchev–Trinajstić information content (AvgIpc) is 2.76. The maximum absolute atomic E-state index is 13.6. The van der Waals surface area contributed by atoms with E-state index in [0.29, 0.717) is 12.2 Å². The maximum atomic E-state index is 13.6. The Kier molecular flexibility index (Phi) is 3.32. The fraction of sp³-hybridized carbons (Fsp3) is 0.438. The van der Waals surface area contributed by atoms with Gasteiger partial charge in [-0.1, -0.05) is 20.8 Å². The van der Waals surface area contributed by atoms with Crippen LogP contribution in [-0.4, -0.2) is 16.1 Å². The van der Waals surface area contributed by atoms with Crippen LogP contribution in [0, 0.1) is 11.6 Å². The Bertz CT molecular complexity index is 663. The highest BCUT2D eigenvalue weighted by Crippen LogP contribution is 2.30. The Balaban J connectivity index is 2.26. The molecule has 0 aliphatic carbocycles. The van der Waals surface area contributed by atoms with Crippen LogP contribution < -0.4 is 5.32 Å². The van der Waals surface area contributed by atoms with Crippen LogP contribution in [0.25, 0.3) is 5.69 Å². The smallest absolute Gasteiger partial charge is 0.128 e. The first-order valence-corrected chi connectivity index (χ1v) is 7.14. The Morgan fingerprint density at radius 3 is 2.43 bits per heavy atom. The molecular formula is C16H19F2N3. The molecule has 0 amide bonds.